The smallest absolute Gasteiger partial charge is 0.272 e. The van der Waals surface area contributed by atoms with Crippen molar-refractivity contribution in [3.63, 3.8) is 0 Å². The average molecular weight is 448 g/mol. The number of carbonyl (C=O) groups excluding carboxylic acids is 2. The topological polar surface area (TPSA) is 91.1 Å². The fraction of sp³-hybridized carbons (Fsp3) is 0.120. The molecule has 7 heteroatoms. The van der Waals surface area contributed by atoms with E-state index < -0.39 is 10.8 Å². The van der Waals surface area contributed by atoms with Gasteiger partial charge in [0, 0.05) is 34.4 Å². The van der Waals surface area contributed by atoms with Crippen LogP contribution in [0.5, 0.6) is 0 Å². The summed E-state index contributed by atoms with van der Waals surface area (Å²) in [6.45, 7) is 0. The van der Waals surface area contributed by atoms with Gasteiger partial charge in [-0.15, -0.1) is 0 Å². The molecule has 4 rings (SSSR count). The maximum absolute atomic E-state index is 12.5. The molecule has 3 aromatic carbocycles. The molecule has 0 bridgehead atoms. The number of H-pyrrole nitrogens is 1. The third-order valence-electron chi connectivity index (χ3n) is 4.41. The largest absolute Gasteiger partial charge is 0.349 e. The second kappa shape index (κ2) is 11.1. The van der Waals surface area contributed by atoms with Gasteiger partial charge in [0.1, 0.15) is 5.69 Å². The Morgan fingerprint density at radius 1 is 0.844 bits per heavy atom. The number of benzene rings is 3. The lowest BCUT2D eigenvalue weighted by atomic mass is 10.1. The van der Waals surface area contributed by atoms with Crippen molar-refractivity contribution >= 4 is 44.9 Å². The Bertz CT molecular complexity index is 1220. The molecule has 0 atom stereocenters. The number of aromatic amines is 1. The highest BCUT2D eigenvalue weighted by atomic mass is 32.2. The summed E-state index contributed by atoms with van der Waals surface area (Å²) in [4.78, 5) is 28.1. The molecule has 0 aliphatic rings. The van der Waals surface area contributed by atoms with Crippen LogP contribution in [0.1, 0.15) is 16.1 Å². The minimum absolute atomic E-state index is 0.108. The van der Waals surface area contributed by atoms with Gasteiger partial charge in [-0.25, -0.2) is 0 Å². The van der Waals surface area contributed by atoms with Crippen LogP contribution in [0.15, 0.2) is 84.9 Å². The summed E-state index contributed by atoms with van der Waals surface area (Å²) in [6.07, 6.45) is 3.57. The van der Waals surface area contributed by atoms with Crippen LogP contribution in [0.25, 0.3) is 10.9 Å². The van der Waals surface area contributed by atoms with Gasteiger partial charge >= 0.3 is 0 Å². The van der Waals surface area contributed by atoms with Crippen molar-refractivity contribution in [3.05, 3.63) is 96.2 Å². The minimum Gasteiger partial charge on any atom is -0.349 e. The first-order valence-corrected chi connectivity index (χ1v) is 12.0. The third kappa shape index (κ3) is 6.65. The number of nitrogens with one attached hydrogen (secondary N) is 3. The number of hydrogen-bond acceptors (Lipinski definition) is 3. The first-order chi connectivity index (χ1) is 15.4. The molecule has 0 saturated carbocycles. The Hall–Kier alpha value is -3.71. The molecule has 1 heterocycles. The van der Waals surface area contributed by atoms with E-state index >= 15 is 0 Å². The summed E-state index contributed by atoms with van der Waals surface area (Å²) in [6, 6.07) is 26.2. The molecule has 0 spiro atoms. The monoisotopic (exact) mass is 447 g/mol. The molecule has 3 N–H and O–H groups in total. The van der Waals surface area contributed by atoms with Crippen molar-refractivity contribution in [2.75, 3.05) is 23.1 Å². The Morgan fingerprint density at radius 2 is 1.47 bits per heavy atom. The van der Waals surface area contributed by atoms with Crippen LogP contribution in [0, 0.1) is 0 Å². The van der Waals surface area contributed by atoms with Gasteiger partial charge in [-0.1, -0.05) is 60.7 Å². The maximum Gasteiger partial charge on any atom is 0.272 e. The number of fused-ring (bicyclic) bond motifs is 1. The average Bonchev–Trinajstić information content (AvgIpc) is 3.20. The van der Waals surface area contributed by atoms with Crippen molar-refractivity contribution in [2.45, 2.75) is 6.42 Å². The second-order valence-corrected chi connectivity index (χ2v) is 8.71. The summed E-state index contributed by atoms with van der Waals surface area (Å²) in [7, 11) is -0.611. The molecule has 0 fully saturated rings. The fourth-order valence-electron chi connectivity index (χ4n) is 3.08. The SMILES string of the molecule is CS(C)=O.O=C(Cc1ccccc1)Nc1cccc2cc(C(=O)Nc3ccccc3)[nH]c12. The van der Waals surface area contributed by atoms with Crippen LogP contribution in [0.2, 0.25) is 0 Å². The van der Waals surface area contributed by atoms with E-state index in [1.807, 2.05) is 78.9 Å². The molecule has 0 saturated heterocycles. The van der Waals surface area contributed by atoms with E-state index in [1.54, 1.807) is 18.6 Å². The number of rotatable bonds is 5. The van der Waals surface area contributed by atoms with E-state index in [0.29, 0.717) is 17.8 Å². The van der Waals surface area contributed by atoms with E-state index in [2.05, 4.69) is 15.6 Å². The van der Waals surface area contributed by atoms with Gasteiger partial charge in [0.25, 0.3) is 5.91 Å². The normalized spacial score (nSPS) is 10.3. The molecular weight excluding hydrogens is 422 g/mol. The molecule has 32 heavy (non-hydrogen) atoms. The van der Waals surface area contributed by atoms with Gasteiger partial charge in [0.05, 0.1) is 17.6 Å². The number of anilines is 2. The van der Waals surface area contributed by atoms with E-state index in [9.17, 15) is 13.8 Å². The predicted molar refractivity (Wildman–Crippen MR) is 131 cm³/mol. The highest BCUT2D eigenvalue weighted by Crippen LogP contribution is 2.24. The summed E-state index contributed by atoms with van der Waals surface area (Å²) in [5, 5.41) is 6.65. The summed E-state index contributed by atoms with van der Waals surface area (Å²) >= 11 is 0. The van der Waals surface area contributed by atoms with Crippen molar-refractivity contribution in [1.82, 2.24) is 4.98 Å². The fourth-order valence-corrected chi connectivity index (χ4v) is 3.08. The van der Waals surface area contributed by atoms with Crippen molar-refractivity contribution in [2.24, 2.45) is 0 Å². The minimum atomic E-state index is -0.611. The Kier molecular flexibility index (Phi) is 7.94. The standard InChI is InChI=1S/C23H19N3O2.C2H6OS/c27-21(14-16-8-3-1-4-9-16)25-19-13-7-10-17-15-20(26-22(17)19)23(28)24-18-11-5-2-6-12-18;1-4(2)3/h1-13,15,26H,14H2,(H,24,28)(H,25,27);1-2H3. The molecule has 0 aliphatic heterocycles. The summed E-state index contributed by atoms with van der Waals surface area (Å²) < 4.78 is 9.56. The molecule has 0 radical (unpaired) electrons. The molecule has 0 unspecified atom stereocenters. The van der Waals surface area contributed by atoms with Gasteiger partial charge < -0.3 is 15.6 Å². The lowest BCUT2D eigenvalue weighted by molar-refractivity contribution is -0.115. The van der Waals surface area contributed by atoms with Crippen LogP contribution in [0.4, 0.5) is 11.4 Å². The van der Waals surface area contributed by atoms with Crippen LogP contribution in [-0.4, -0.2) is 33.5 Å². The Morgan fingerprint density at radius 3 is 2.12 bits per heavy atom. The quantitative estimate of drug-likeness (QED) is 0.418. The maximum atomic E-state index is 12.5. The van der Waals surface area contributed by atoms with Crippen LogP contribution in [-0.2, 0) is 22.0 Å². The lowest BCUT2D eigenvalue weighted by Gasteiger charge is -2.07. The Labute approximate surface area is 189 Å². The predicted octanol–water partition coefficient (Wildman–Crippen LogP) is 4.60. The second-order valence-electron chi connectivity index (χ2n) is 7.23. The highest BCUT2D eigenvalue weighted by molar-refractivity contribution is 7.83. The first-order valence-electron chi connectivity index (χ1n) is 9.99. The van der Waals surface area contributed by atoms with Gasteiger partial charge in [-0.3, -0.25) is 13.8 Å². The van der Waals surface area contributed by atoms with Gasteiger partial charge in [0.2, 0.25) is 5.91 Å². The first kappa shape index (κ1) is 23.0. The van der Waals surface area contributed by atoms with Crippen LogP contribution in [0.3, 0.4) is 0 Å². The summed E-state index contributed by atoms with van der Waals surface area (Å²) in [5.41, 5.74) is 3.48. The van der Waals surface area contributed by atoms with E-state index in [-0.39, 0.29) is 11.8 Å². The van der Waals surface area contributed by atoms with E-state index in [0.717, 1.165) is 22.2 Å². The van der Waals surface area contributed by atoms with Crippen molar-refractivity contribution in [1.29, 1.82) is 0 Å². The van der Waals surface area contributed by atoms with Gasteiger partial charge in [0.15, 0.2) is 0 Å². The summed E-state index contributed by atoms with van der Waals surface area (Å²) in [5.74, 6) is -0.340. The van der Waals surface area contributed by atoms with Crippen molar-refractivity contribution in [3.8, 4) is 0 Å². The van der Waals surface area contributed by atoms with Crippen molar-refractivity contribution < 1.29 is 13.8 Å². The number of carbonyl (C=O) groups is 2. The zero-order valence-electron chi connectivity index (χ0n) is 17.9. The number of amides is 2. The zero-order chi connectivity index (χ0) is 22.9. The van der Waals surface area contributed by atoms with Gasteiger partial charge in [-0.2, -0.15) is 0 Å². The van der Waals surface area contributed by atoms with Crippen LogP contribution >= 0.6 is 0 Å². The molecule has 2 amide bonds. The number of hydrogen-bond donors (Lipinski definition) is 3. The zero-order valence-corrected chi connectivity index (χ0v) is 18.7. The van der Waals surface area contributed by atoms with E-state index in [4.69, 9.17) is 0 Å². The lowest BCUT2D eigenvalue weighted by Crippen LogP contribution is -2.14. The number of para-hydroxylation sites is 2. The molecule has 164 valence electrons. The highest BCUT2D eigenvalue weighted by Gasteiger charge is 2.13. The third-order valence-corrected chi connectivity index (χ3v) is 4.41. The molecule has 4 aromatic rings. The van der Waals surface area contributed by atoms with Gasteiger partial charge in [-0.05, 0) is 29.8 Å². The van der Waals surface area contributed by atoms with E-state index in [1.165, 1.54) is 0 Å². The molecule has 1 aromatic heterocycles. The molecular formula is C25H25N3O3S. The Balaban J connectivity index is 0.000000668. The molecule has 6 nitrogen and oxygen atoms in total. The number of aromatic nitrogens is 1. The molecule has 0 aliphatic carbocycles. The van der Waals surface area contributed by atoms with Crippen LogP contribution < -0.4 is 10.6 Å².